The zero-order valence-electron chi connectivity index (χ0n) is 14.1. The predicted molar refractivity (Wildman–Crippen MR) is 94.0 cm³/mol. The first-order chi connectivity index (χ1) is 11.9. The van der Waals surface area contributed by atoms with Crippen molar-refractivity contribution >= 4 is 22.8 Å². The molecule has 0 aliphatic heterocycles. The molecule has 2 aromatic carbocycles. The van der Waals surface area contributed by atoms with Gasteiger partial charge >= 0.3 is 0 Å². The monoisotopic (exact) mass is 337 g/mol. The normalized spacial score (nSPS) is 10.8. The van der Waals surface area contributed by atoms with Crippen LogP contribution in [0.15, 0.2) is 40.9 Å². The van der Waals surface area contributed by atoms with Gasteiger partial charge in [-0.15, -0.1) is 0 Å². The smallest absolute Gasteiger partial charge is 0.248 e. The maximum Gasteiger partial charge on any atom is 0.248 e. The minimum absolute atomic E-state index is 0.145. The summed E-state index contributed by atoms with van der Waals surface area (Å²) in [6.07, 6.45) is 0.148. The van der Waals surface area contributed by atoms with Gasteiger partial charge in [0.1, 0.15) is 5.69 Å². The van der Waals surface area contributed by atoms with Crippen LogP contribution in [0, 0.1) is 13.8 Å². The third-order valence-corrected chi connectivity index (χ3v) is 4.03. The summed E-state index contributed by atoms with van der Waals surface area (Å²) in [7, 11) is 0. The van der Waals surface area contributed by atoms with Crippen molar-refractivity contribution in [3.63, 3.8) is 0 Å². The Kier molecular flexibility index (Phi) is 4.52. The number of carbonyl (C=O) groups excluding carboxylic acids is 2. The number of rotatable bonds is 5. The lowest BCUT2D eigenvalue weighted by Gasteiger charge is -2.05. The molecule has 128 valence electrons. The number of nitrogens with one attached hydrogen (secondary N) is 1. The third kappa shape index (κ3) is 3.68. The van der Waals surface area contributed by atoms with Gasteiger partial charge in [0.05, 0.1) is 6.42 Å². The minimum Gasteiger partial charge on any atom is -0.366 e. The van der Waals surface area contributed by atoms with Gasteiger partial charge < -0.3 is 15.6 Å². The highest BCUT2D eigenvalue weighted by Crippen LogP contribution is 2.24. The average Bonchev–Trinajstić information content (AvgIpc) is 2.96. The highest BCUT2D eigenvalue weighted by atomic mass is 16.5. The van der Waals surface area contributed by atoms with Gasteiger partial charge in [-0.2, -0.15) is 0 Å². The van der Waals surface area contributed by atoms with Crippen LogP contribution in [-0.2, 0) is 17.8 Å². The van der Waals surface area contributed by atoms with E-state index >= 15 is 0 Å². The van der Waals surface area contributed by atoms with Crippen molar-refractivity contribution < 1.29 is 14.1 Å². The van der Waals surface area contributed by atoms with Crippen molar-refractivity contribution in [2.75, 3.05) is 0 Å². The predicted octanol–water partition coefficient (Wildman–Crippen LogP) is 2.40. The van der Waals surface area contributed by atoms with Gasteiger partial charge in [0.15, 0.2) is 5.58 Å². The first-order valence-electron chi connectivity index (χ1n) is 7.95. The van der Waals surface area contributed by atoms with E-state index in [-0.39, 0.29) is 12.3 Å². The number of nitrogens with two attached hydrogens (primary N) is 1. The summed E-state index contributed by atoms with van der Waals surface area (Å²) >= 11 is 0. The van der Waals surface area contributed by atoms with Crippen LogP contribution in [0.3, 0.4) is 0 Å². The van der Waals surface area contributed by atoms with E-state index in [0.717, 1.165) is 27.7 Å². The molecule has 25 heavy (non-hydrogen) atoms. The van der Waals surface area contributed by atoms with Crippen LogP contribution in [-0.4, -0.2) is 17.0 Å². The van der Waals surface area contributed by atoms with E-state index in [1.165, 1.54) is 0 Å². The SMILES string of the molecule is Cc1cc(C)c2onc(CC(=O)NCc3ccc(C(N)=O)cc3)c2c1. The highest BCUT2D eigenvalue weighted by Gasteiger charge is 2.14. The standard InChI is InChI=1S/C19H19N3O3/c1-11-7-12(2)18-15(8-11)16(22-25-18)9-17(23)21-10-13-3-5-14(6-4-13)19(20)24/h3-8H,9-10H2,1-2H3,(H2,20,24)(H,21,23). The molecule has 0 saturated carbocycles. The van der Waals surface area contributed by atoms with Gasteiger partial charge in [0.2, 0.25) is 11.8 Å². The van der Waals surface area contributed by atoms with Gasteiger partial charge in [0, 0.05) is 17.5 Å². The molecular weight excluding hydrogens is 318 g/mol. The number of nitrogens with zero attached hydrogens (tertiary/aromatic N) is 1. The summed E-state index contributed by atoms with van der Waals surface area (Å²) < 4.78 is 5.36. The van der Waals surface area contributed by atoms with Gasteiger partial charge in [-0.1, -0.05) is 23.4 Å². The average molecular weight is 337 g/mol. The summed E-state index contributed by atoms with van der Waals surface area (Å²) in [5.74, 6) is -0.618. The molecule has 0 unspecified atom stereocenters. The van der Waals surface area contributed by atoms with E-state index in [9.17, 15) is 9.59 Å². The number of carbonyl (C=O) groups is 2. The van der Waals surface area contributed by atoms with E-state index < -0.39 is 5.91 Å². The molecule has 6 nitrogen and oxygen atoms in total. The molecule has 0 atom stereocenters. The molecule has 3 aromatic rings. The summed E-state index contributed by atoms with van der Waals surface area (Å²) in [5.41, 5.74) is 9.98. The lowest BCUT2D eigenvalue weighted by Crippen LogP contribution is -2.24. The Hall–Kier alpha value is -3.15. The number of aryl methyl sites for hydroxylation is 2. The van der Waals surface area contributed by atoms with Crippen molar-refractivity contribution in [3.8, 4) is 0 Å². The number of benzene rings is 2. The second-order valence-electron chi connectivity index (χ2n) is 6.10. The van der Waals surface area contributed by atoms with E-state index in [2.05, 4.69) is 10.5 Å². The molecule has 3 N–H and O–H groups in total. The number of primary amides is 1. The summed E-state index contributed by atoms with van der Waals surface area (Å²) in [4.78, 5) is 23.3. The number of amides is 2. The van der Waals surface area contributed by atoms with Crippen LogP contribution < -0.4 is 11.1 Å². The number of fused-ring (bicyclic) bond motifs is 1. The Morgan fingerprint density at radius 2 is 1.88 bits per heavy atom. The van der Waals surface area contributed by atoms with Crippen molar-refractivity contribution in [3.05, 3.63) is 64.3 Å². The highest BCUT2D eigenvalue weighted by molar-refractivity contribution is 5.92. The number of hydrogen-bond donors (Lipinski definition) is 2. The third-order valence-electron chi connectivity index (χ3n) is 4.03. The lowest BCUT2D eigenvalue weighted by molar-refractivity contribution is -0.120. The topological polar surface area (TPSA) is 98.2 Å². The fourth-order valence-electron chi connectivity index (χ4n) is 2.77. The largest absolute Gasteiger partial charge is 0.366 e. The summed E-state index contributed by atoms with van der Waals surface area (Å²) in [6, 6.07) is 10.8. The maximum atomic E-state index is 12.2. The first-order valence-corrected chi connectivity index (χ1v) is 7.95. The molecule has 1 heterocycles. The minimum atomic E-state index is -0.473. The molecule has 0 spiro atoms. The zero-order chi connectivity index (χ0) is 18.0. The van der Waals surface area contributed by atoms with E-state index in [4.69, 9.17) is 10.3 Å². The molecule has 3 rings (SSSR count). The maximum absolute atomic E-state index is 12.2. The van der Waals surface area contributed by atoms with Gasteiger partial charge in [0.25, 0.3) is 0 Å². The van der Waals surface area contributed by atoms with Gasteiger partial charge in [-0.3, -0.25) is 9.59 Å². The molecule has 0 aliphatic rings. The van der Waals surface area contributed by atoms with Crippen LogP contribution in [0.2, 0.25) is 0 Å². The molecule has 6 heteroatoms. The number of aromatic nitrogens is 1. The fourth-order valence-corrected chi connectivity index (χ4v) is 2.77. The zero-order valence-corrected chi connectivity index (χ0v) is 14.1. The van der Waals surface area contributed by atoms with Crippen LogP contribution in [0.25, 0.3) is 11.0 Å². The second kappa shape index (κ2) is 6.76. The molecule has 1 aromatic heterocycles. The Bertz CT molecular complexity index is 942. The van der Waals surface area contributed by atoms with E-state index in [0.29, 0.717) is 17.8 Å². The van der Waals surface area contributed by atoms with Crippen LogP contribution in [0.5, 0.6) is 0 Å². The molecule has 0 aliphatic carbocycles. The Morgan fingerprint density at radius 1 is 1.16 bits per heavy atom. The van der Waals surface area contributed by atoms with Crippen molar-refractivity contribution in [2.24, 2.45) is 5.73 Å². The van der Waals surface area contributed by atoms with Crippen molar-refractivity contribution in [1.82, 2.24) is 10.5 Å². The molecule has 0 radical (unpaired) electrons. The van der Waals surface area contributed by atoms with Gasteiger partial charge in [-0.05, 0) is 48.7 Å². The van der Waals surface area contributed by atoms with Crippen LogP contribution in [0.4, 0.5) is 0 Å². The van der Waals surface area contributed by atoms with Crippen LogP contribution >= 0.6 is 0 Å². The Labute approximate surface area is 145 Å². The van der Waals surface area contributed by atoms with Gasteiger partial charge in [-0.25, -0.2) is 0 Å². The molecule has 2 amide bonds. The van der Waals surface area contributed by atoms with Crippen molar-refractivity contribution in [2.45, 2.75) is 26.8 Å². The first kappa shape index (κ1) is 16.7. The quantitative estimate of drug-likeness (QED) is 0.747. The summed E-state index contributed by atoms with van der Waals surface area (Å²) in [6.45, 7) is 4.32. The summed E-state index contributed by atoms with van der Waals surface area (Å²) in [5, 5.41) is 7.75. The Morgan fingerprint density at radius 3 is 2.56 bits per heavy atom. The molecule has 0 bridgehead atoms. The Balaban J connectivity index is 1.66. The van der Waals surface area contributed by atoms with E-state index in [1.807, 2.05) is 26.0 Å². The second-order valence-corrected chi connectivity index (χ2v) is 6.10. The van der Waals surface area contributed by atoms with Crippen molar-refractivity contribution in [1.29, 1.82) is 0 Å². The fraction of sp³-hybridized carbons (Fsp3) is 0.211. The van der Waals surface area contributed by atoms with E-state index in [1.54, 1.807) is 24.3 Å². The number of hydrogen-bond acceptors (Lipinski definition) is 4. The lowest BCUT2D eigenvalue weighted by atomic mass is 10.1. The van der Waals surface area contributed by atoms with Crippen LogP contribution in [0.1, 0.15) is 32.7 Å². The molecule has 0 saturated heterocycles. The molecular formula is C19H19N3O3. The molecule has 0 fully saturated rings.